The van der Waals surface area contributed by atoms with Crippen molar-refractivity contribution in [3.8, 4) is 0 Å². The molecule has 13 heavy (non-hydrogen) atoms. The Hall–Kier alpha value is 1.06. The van der Waals surface area contributed by atoms with Crippen LogP contribution in [0.1, 0.15) is 0 Å². The molecule has 0 fully saturated rings. The van der Waals surface area contributed by atoms with Gasteiger partial charge in [-0.05, 0) is 0 Å². The molecule has 0 aliphatic carbocycles. The number of hydrogen-bond acceptors (Lipinski definition) is 6. The van der Waals surface area contributed by atoms with E-state index in [2.05, 4.69) is 8.71 Å². The monoisotopic (exact) mass is 240 g/mol. The third-order valence-electron chi connectivity index (χ3n) is 0.713. The van der Waals surface area contributed by atoms with Crippen molar-refractivity contribution in [3.05, 3.63) is 0 Å². The molecule has 74 valence electrons. The maximum Gasteiger partial charge on any atom is 1.00 e. The molecule has 0 spiro atoms. The maximum atomic E-state index is 10.8. The SMILES string of the molecule is CP(C)(=O)OCCOS(=O)(=O)[O-].[Na+]. The smallest absolute Gasteiger partial charge is 0.726 e. The Balaban J connectivity index is 0. The van der Waals surface area contributed by atoms with Gasteiger partial charge in [0.1, 0.15) is 0 Å². The summed E-state index contributed by atoms with van der Waals surface area (Å²) in [5, 5.41) is 0. The molecule has 9 heteroatoms. The van der Waals surface area contributed by atoms with E-state index < -0.39 is 24.4 Å². The van der Waals surface area contributed by atoms with E-state index in [9.17, 15) is 17.5 Å². The molecule has 0 bridgehead atoms. The van der Waals surface area contributed by atoms with Gasteiger partial charge < -0.3 is 9.08 Å². The zero-order chi connectivity index (χ0) is 9.83. The molecule has 0 radical (unpaired) electrons. The van der Waals surface area contributed by atoms with E-state index in [0.717, 1.165) is 0 Å². The molecule has 0 aliphatic heterocycles. The average Bonchev–Trinajstić information content (AvgIpc) is 1.76. The minimum atomic E-state index is -4.66. The Bertz CT molecular complexity index is 268. The first-order valence-electron chi connectivity index (χ1n) is 3.00. The molecule has 0 amide bonds. The molecule has 0 atom stereocenters. The second-order valence-corrected chi connectivity index (χ2v) is 6.13. The van der Waals surface area contributed by atoms with Gasteiger partial charge in [0.05, 0.1) is 13.2 Å². The van der Waals surface area contributed by atoms with Crippen molar-refractivity contribution in [2.24, 2.45) is 0 Å². The van der Waals surface area contributed by atoms with Crippen molar-refractivity contribution in [1.29, 1.82) is 0 Å². The van der Waals surface area contributed by atoms with Crippen LogP contribution in [0.4, 0.5) is 0 Å². The zero-order valence-corrected chi connectivity index (χ0v) is 11.4. The molecule has 0 saturated carbocycles. The summed E-state index contributed by atoms with van der Waals surface area (Å²) < 4.78 is 48.8. The van der Waals surface area contributed by atoms with Gasteiger partial charge >= 0.3 is 29.6 Å². The summed E-state index contributed by atoms with van der Waals surface area (Å²) in [4.78, 5) is 0. The van der Waals surface area contributed by atoms with Crippen LogP contribution in [0.5, 0.6) is 0 Å². The summed E-state index contributed by atoms with van der Waals surface area (Å²) in [5.41, 5.74) is 0. The van der Waals surface area contributed by atoms with Gasteiger partial charge in [-0.3, -0.25) is 8.75 Å². The third kappa shape index (κ3) is 15.8. The van der Waals surface area contributed by atoms with Gasteiger partial charge in [-0.25, -0.2) is 8.42 Å². The quantitative estimate of drug-likeness (QED) is 0.167. The predicted molar refractivity (Wildman–Crippen MR) is 41.1 cm³/mol. The fraction of sp³-hybridized carbons (Fsp3) is 1.00. The molecule has 0 aliphatic rings. The van der Waals surface area contributed by atoms with Crippen LogP contribution in [0.25, 0.3) is 0 Å². The van der Waals surface area contributed by atoms with Crippen molar-refractivity contribution in [1.82, 2.24) is 0 Å². The molecule has 0 aromatic rings. The summed E-state index contributed by atoms with van der Waals surface area (Å²) in [6.45, 7) is 2.17. The standard InChI is InChI=1S/C4H11O6PS.Na/c1-11(2,5)9-3-4-10-12(6,7)8;/h3-4H2,1-2H3,(H,6,7,8);/q;+1/p-1. The van der Waals surface area contributed by atoms with E-state index in [0.29, 0.717) is 0 Å². The van der Waals surface area contributed by atoms with Gasteiger partial charge in [0, 0.05) is 13.3 Å². The average molecular weight is 240 g/mol. The summed E-state index contributed by atoms with van der Waals surface area (Å²) in [6.07, 6.45) is 0. The second kappa shape index (κ2) is 6.53. The zero-order valence-electron chi connectivity index (χ0n) is 7.72. The van der Waals surface area contributed by atoms with Crippen LogP contribution in [0, 0.1) is 0 Å². The van der Waals surface area contributed by atoms with E-state index in [-0.39, 0.29) is 36.2 Å². The maximum absolute atomic E-state index is 10.8. The Morgan fingerprint density at radius 2 is 1.77 bits per heavy atom. The fourth-order valence-electron chi connectivity index (χ4n) is 0.393. The van der Waals surface area contributed by atoms with Gasteiger partial charge in [-0.2, -0.15) is 0 Å². The summed E-state index contributed by atoms with van der Waals surface area (Å²) in [5.74, 6) is 0. The van der Waals surface area contributed by atoms with E-state index in [1.165, 1.54) is 13.3 Å². The van der Waals surface area contributed by atoms with Crippen LogP contribution in [-0.2, 0) is 23.7 Å². The molecule has 0 heterocycles. The largest absolute Gasteiger partial charge is 1.00 e. The normalized spacial score (nSPS) is 12.2. The number of hydrogen-bond donors (Lipinski definition) is 0. The van der Waals surface area contributed by atoms with Crippen molar-refractivity contribution in [3.63, 3.8) is 0 Å². The molecule has 0 aromatic heterocycles. The van der Waals surface area contributed by atoms with Crippen molar-refractivity contribution in [2.45, 2.75) is 0 Å². The molecule has 0 aromatic carbocycles. The predicted octanol–water partition coefficient (Wildman–Crippen LogP) is -2.98. The second-order valence-electron chi connectivity index (χ2n) is 2.32. The molecule has 0 saturated heterocycles. The minimum Gasteiger partial charge on any atom is -0.726 e. The summed E-state index contributed by atoms with van der Waals surface area (Å²) in [6, 6.07) is 0. The van der Waals surface area contributed by atoms with Gasteiger partial charge in [-0.1, -0.05) is 0 Å². The number of rotatable bonds is 5. The van der Waals surface area contributed by atoms with Crippen molar-refractivity contribution >= 4 is 17.8 Å². The van der Waals surface area contributed by atoms with Gasteiger partial charge in [0.15, 0.2) is 7.37 Å². The Morgan fingerprint density at radius 1 is 1.31 bits per heavy atom. The Labute approximate surface area is 99.7 Å². The van der Waals surface area contributed by atoms with E-state index in [4.69, 9.17) is 0 Å². The van der Waals surface area contributed by atoms with E-state index in [1.807, 2.05) is 0 Å². The van der Waals surface area contributed by atoms with Gasteiger partial charge in [-0.15, -0.1) is 0 Å². The Morgan fingerprint density at radius 3 is 2.08 bits per heavy atom. The van der Waals surface area contributed by atoms with Crippen molar-refractivity contribution in [2.75, 3.05) is 26.5 Å². The topological polar surface area (TPSA) is 92.7 Å². The molecule has 0 N–H and O–H groups in total. The third-order valence-corrected chi connectivity index (χ3v) is 1.97. The molecule has 6 nitrogen and oxygen atoms in total. The summed E-state index contributed by atoms with van der Waals surface area (Å²) >= 11 is 0. The van der Waals surface area contributed by atoms with E-state index >= 15 is 0 Å². The summed E-state index contributed by atoms with van der Waals surface area (Å²) in [7, 11) is -7.29. The van der Waals surface area contributed by atoms with Crippen LogP contribution in [0.15, 0.2) is 0 Å². The van der Waals surface area contributed by atoms with Crippen LogP contribution in [-0.4, -0.2) is 39.5 Å². The van der Waals surface area contributed by atoms with Crippen LogP contribution < -0.4 is 29.6 Å². The van der Waals surface area contributed by atoms with Crippen LogP contribution >= 0.6 is 7.37 Å². The first-order chi connectivity index (χ1) is 5.21. The molecule has 0 unspecified atom stereocenters. The first-order valence-corrected chi connectivity index (χ1v) is 6.86. The first kappa shape index (κ1) is 16.5. The van der Waals surface area contributed by atoms with Crippen LogP contribution in [0.2, 0.25) is 0 Å². The molecular weight excluding hydrogens is 230 g/mol. The Kier molecular flexibility index (Phi) is 8.28. The van der Waals surface area contributed by atoms with Gasteiger partial charge in [0.2, 0.25) is 10.4 Å². The van der Waals surface area contributed by atoms with Crippen molar-refractivity contribution < 1.29 is 55.8 Å². The van der Waals surface area contributed by atoms with Gasteiger partial charge in [0.25, 0.3) is 0 Å². The molecular formula is C4H10NaO6PS. The van der Waals surface area contributed by atoms with Crippen LogP contribution in [0.3, 0.4) is 0 Å². The van der Waals surface area contributed by atoms with E-state index in [1.54, 1.807) is 0 Å². The fourth-order valence-corrected chi connectivity index (χ4v) is 1.18. The molecule has 0 rings (SSSR count). The minimum absolute atomic E-state index is 0.